The SMILES string of the molecule is CCN(CC)c1ccc2c(-c3ccc(N)cc3C(=O)O)c3ccc(=[N+](CC)CC)cc-3oc2c1.[Cl-]. The monoisotopic (exact) mass is 493 g/mol. The third kappa shape index (κ3) is 4.84. The van der Waals surface area contributed by atoms with Crippen molar-refractivity contribution in [2.24, 2.45) is 0 Å². The van der Waals surface area contributed by atoms with Crippen molar-refractivity contribution < 1.29 is 26.7 Å². The molecule has 2 aromatic rings. The fourth-order valence-corrected chi connectivity index (χ4v) is 4.69. The fraction of sp³-hybridized carbons (Fsp3) is 0.286. The lowest BCUT2D eigenvalue weighted by atomic mass is 9.90. The van der Waals surface area contributed by atoms with Gasteiger partial charge in [-0.05, 0) is 63.6 Å². The predicted molar refractivity (Wildman–Crippen MR) is 140 cm³/mol. The van der Waals surface area contributed by atoms with E-state index in [1.165, 1.54) is 6.07 Å². The summed E-state index contributed by atoms with van der Waals surface area (Å²) in [5.41, 5.74) is 10.7. The van der Waals surface area contributed by atoms with Gasteiger partial charge in [0.05, 0.1) is 11.6 Å². The van der Waals surface area contributed by atoms with Crippen LogP contribution in [-0.2, 0) is 0 Å². The first-order valence-corrected chi connectivity index (χ1v) is 11.9. The number of aromatic carboxylic acids is 1. The Morgan fingerprint density at radius 2 is 1.63 bits per heavy atom. The van der Waals surface area contributed by atoms with Crippen molar-refractivity contribution >= 4 is 28.3 Å². The summed E-state index contributed by atoms with van der Waals surface area (Å²) in [6.07, 6.45) is 0. The maximum absolute atomic E-state index is 12.2. The summed E-state index contributed by atoms with van der Waals surface area (Å²) in [6, 6.07) is 17.4. The molecule has 184 valence electrons. The number of fused-ring (bicyclic) bond motifs is 2. The predicted octanol–water partition coefficient (Wildman–Crippen LogP) is 2.15. The van der Waals surface area contributed by atoms with Gasteiger partial charge in [-0.2, -0.15) is 0 Å². The largest absolute Gasteiger partial charge is 1.00 e. The zero-order chi connectivity index (χ0) is 24.4. The molecule has 4 rings (SSSR count). The number of hydrogen-bond donors (Lipinski definition) is 2. The summed E-state index contributed by atoms with van der Waals surface area (Å²) in [4.78, 5) is 14.4. The molecule has 3 N–H and O–H groups in total. The van der Waals surface area contributed by atoms with Crippen molar-refractivity contribution in [2.75, 3.05) is 36.8 Å². The van der Waals surface area contributed by atoms with E-state index in [2.05, 4.69) is 49.3 Å². The lowest BCUT2D eigenvalue weighted by molar-refractivity contribution is -0.0000229. The van der Waals surface area contributed by atoms with Gasteiger partial charge in [-0.15, -0.1) is 0 Å². The van der Waals surface area contributed by atoms with Crippen LogP contribution in [0.4, 0.5) is 11.4 Å². The molecule has 0 radical (unpaired) electrons. The summed E-state index contributed by atoms with van der Waals surface area (Å²) < 4.78 is 8.73. The topological polar surface area (TPSA) is 82.7 Å². The Balaban J connectivity index is 0.00000342. The van der Waals surface area contributed by atoms with Crippen molar-refractivity contribution in [1.29, 1.82) is 0 Å². The highest BCUT2D eigenvalue weighted by molar-refractivity contribution is 6.08. The van der Waals surface area contributed by atoms with Crippen LogP contribution >= 0.6 is 0 Å². The molecule has 0 unspecified atom stereocenters. The molecule has 0 amide bonds. The van der Waals surface area contributed by atoms with Gasteiger partial charge in [0.1, 0.15) is 24.4 Å². The molecule has 2 aliphatic rings. The minimum absolute atomic E-state index is 0. The molecule has 35 heavy (non-hydrogen) atoms. The Morgan fingerprint density at radius 1 is 0.943 bits per heavy atom. The molecule has 0 atom stereocenters. The first-order valence-electron chi connectivity index (χ1n) is 11.9. The van der Waals surface area contributed by atoms with Crippen LogP contribution in [0.1, 0.15) is 38.1 Å². The van der Waals surface area contributed by atoms with Gasteiger partial charge in [0.15, 0.2) is 0 Å². The van der Waals surface area contributed by atoms with E-state index in [0.29, 0.717) is 11.3 Å². The average Bonchev–Trinajstić information content (AvgIpc) is 2.84. The van der Waals surface area contributed by atoms with Crippen molar-refractivity contribution in [3.05, 3.63) is 65.5 Å². The fourth-order valence-electron chi connectivity index (χ4n) is 4.69. The highest BCUT2D eigenvalue weighted by atomic mass is 35.5. The van der Waals surface area contributed by atoms with Crippen molar-refractivity contribution in [3.63, 3.8) is 0 Å². The zero-order valence-corrected chi connectivity index (χ0v) is 21.4. The van der Waals surface area contributed by atoms with Gasteiger partial charge in [-0.1, -0.05) is 6.07 Å². The number of carboxylic acids is 1. The quantitative estimate of drug-likeness (QED) is 0.234. The van der Waals surface area contributed by atoms with Crippen molar-refractivity contribution in [3.8, 4) is 22.5 Å². The van der Waals surface area contributed by atoms with Crippen LogP contribution in [0.5, 0.6) is 0 Å². The molecule has 0 spiro atoms. The van der Waals surface area contributed by atoms with Gasteiger partial charge in [-0.25, -0.2) is 9.37 Å². The van der Waals surface area contributed by atoms with Gasteiger partial charge >= 0.3 is 5.97 Å². The smallest absolute Gasteiger partial charge is 0.336 e. The second-order valence-corrected chi connectivity index (χ2v) is 8.29. The maximum Gasteiger partial charge on any atom is 0.336 e. The van der Waals surface area contributed by atoms with E-state index < -0.39 is 5.97 Å². The van der Waals surface area contributed by atoms with E-state index in [0.717, 1.165) is 65.1 Å². The number of nitrogens with two attached hydrogens (primary N) is 1. The van der Waals surface area contributed by atoms with Gasteiger partial charge < -0.3 is 32.6 Å². The van der Waals surface area contributed by atoms with Crippen LogP contribution in [-0.4, -0.2) is 37.3 Å². The summed E-state index contributed by atoms with van der Waals surface area (Å²) >= 11 is 0. The van der Waals surface area contributed by atoms with Gasteiger partial charge in [0, 0.05) is 53.1 Å². The zero-order valence-electron chi connectivity index (χ0n) is 20.6. The van der Waals surface area contributed by atoms with E-state index in [9.17, 15) is 9.90 Å². The lowest BCUT2D eigenvalue weighted by Gasteiger charge is -2.22. The minimum Gasteiger partial charge on any atom is -1.00 e. The number of rotatable bonds is 7. The Morgan fingerprint density at radius 3 is 2.26 bits per heavy atom. The Labute approximate surface area is 212 Å². The van der Waals surface area contributed by atoms with E-state index in [-0.39, 0.29) is 18.0 Å². The molecule has 7 heteroatoms. The second-order valence-electron chi connectivity index (χ2n) is 8.29. The molecule has 2 aromatic carbocycles. The van der Waals surface area contributed by atoms with E-state index in [4.69, 9.17) is 10.2 Å². The molecule has 1 aliphatic carbocycles. The molecular formula is C28H32ClN3O3. The van der Waals surface area contributed by atoms with Gasteiger partial charge in [0.2, 0.25) is 5.36 Å². The highest BCUT2D eigenvalue weighted by Crippen LogP contribution is 2.42. The molecule has 0 saturated heterocycles. The molecule has 6 nitrogen and oxygen atoms in total. The van der Waals surface area contributed by atoms with Crippen molar-refractivity contribution in [1.82, 2.24) is 4.58 Å². The number of nitrogen functional groups attached to an aromatic ring is 1. The summed E-state index contributed by atoms with van der Waals surface area (Å²) in [5, 5.41) is 11.9. The van der Waals surface area contributed by atoms with E-state index in [1.807, 2.05) is 24.3 Å². The first-order chi connectivity index (χ1) is 16.4. The van der Waals surface area contributed by atoms with Crippen molar-refractivity contribution in [2.45, 2.75) is 27.7 Å². The van der Waals surface area contributed by atoms with Crippen LogP contribution in [0, 0.1) is 0 Å². The number of nitrogens with zero attached hydrogens (tertiary/aromatic N) is 2. The van der Waals surface area contributed by atoms with Crippen LogP contribution < -0.4 is 33.0 Å². The summed E-state index contributed by atoms with van der Waals surface area (Å²) in [5.74, 6) is -0.291. The Kier molecular flexibility index (Phi) is 8.07. The molecule has 0 aromatic heterocycles. The van der Waals surface area contributed by atoms with Gasteiger partial charge in [0.25, 0.3) is 0 Å². The summed E-state index contributed by atoms with van der Waals surface area (Å²) in [7, 11) is 0. The molecule has 0 bridgehead atoms. The van der Waals surface area contributed by atoms with Gasteiger partial charge in [-0.3, -0.25) is 0 Å². The molecule has 0 fully saturated rings. The number of halogens is 1. The maximum atomic E-state index is 12.2. The molecule has 0 saturated carbocycles. The molecule has 1 heterocycles. The Bertz CT molecular complexity index is 1400. The summed E-state index contributed by atoms with van der Waals surface area (Å²) in [6.45, 7) is 12.0. The highest BCUT2D eigenvalue weighted by Gasteiger charge is 2.23. The van der Waals surface area contributed by atoms with Crippen LogP contribution in [0.2, 0.25) is 0 Å². The Hall–Kier alpha value is -3.51. The standard InChI is InChI=1S/C28H31N3O3.ClH/c1-5-30(6-2)19-10-13-22-25(16-19)34-26-17-20(31(7-3)8-4)11-14-23(26)27(22)21-12-9-18(29)15-24(21)28(32)33;/h9-17,29H,5-8H2,1-4H3,(H,32,33);1H. The number of hydrogen-bond acceptors (Lipinski definition) is 4. The van der Waals surface area contributed by atoms with Crippen LogP contribution in [0.25, 0.3) is 33.4 Å². The third-order valence-corrected chi connectivity index (χ3v) is 6.49. The second kappa shape index (κ2) is 10.8. The van der Waals surface area contributed by atoms with Crippen LogP contribution in [0.15, 0.2) is 59.0 Å². The molecule has 1 aliphatic heterocycles. The minimum atomic E-state index is -1.01. The van der Waals surface area contributed by atoms with Crippen LogP contribution in [0.3, 0.4) is 0 Å². The number of carboxylic acid groups (broad SMARTS) is 1. The number of benzene rings is 3. The lowest BCUT2D eigenvalue weighted by Crippen LogP contribution is -3.00. The molecular weight excluding hydrogens is 462 g/mol. The van der Waals surface area contributed by atoms with E-state index in [1.54, 1.807) is 12.1 Å². The normalized spacial score (nSPS) is 10.9. The third-order valence-electron chi connectivity index (χ3n) is 6.49. The van der Waals surface area contributed by atoms with E-state index >= 15 is 0 Å². The number of anilines is 2. The average molecular weight is 494 g/mol. The first kappa shape index (κ1) is 26.1. The number of carbonyl (C=O) groups is 1.